The second-order valence-electron chi connectivity index (χ2n) is 7.04. The summed E-state index contributed by atoms with van der Waals surface area (Å²) in [4.78, 5) is 4.84. The molecule has 0 saturated heterocycles. The van der Waals surface area contributed by atoms with Crippen molar-refractivity contribution in [1.29, 1.82) is 5.26 Å². The largest absolute Gasteiger partial charge is 0.322 e. The van der Waals surface area contributed by atoms with E-state index < -0.39 is 15.9 Å². The van der Waals surface area contributed by atoms with Crippen LogP contribution in [0.25, 0.3) is 11.0 Å². The Kier molecular flexibility index (Phi) is 4.23. The predicted molar refractivity (Wildman–Crippen MR) is 114 cm³/mol. The Balaban J connectivity index is 1.71. The van der Waals surface area contributed by atoms with Gasteiger partial charge in [-0.15, -0.1) is 0 Å². The van der Waals surface area contributed by atoms with Gasteiger partial charge in [-0.05, 0) is 23.8 Å². The highest BCUT2D eigenvalue weighted by Gasteiger charge is 2.36. The third kappa shape index (κ3) is 2.90. The number of imidazole rings is 1. The van der Waals surface area contributed by atoms with E-state index in [9.17, 15) is 13.7 Å². The molecule has 30 heavy (non-hydrogen) atoms. The molecule has 1 atom stereocenters. The third-order valence-corrected chi connectivity index (χ3v) is 6.54. The summed E-state index contributed by atoms with van der Waals surface area (Å²) >= 11 is 0. The maximum atomic E-state index is 12.5. The number of nitrogens with zero attached hydrogens (tertiary/aromatic N) is 4. The number of hydrogen-bond donors (Lipinski definition) is 0. The highest BCUT2D eigenvalue weighted by atomic mass is 32.2. The molecule has 1 unspecified atom stereocenters. The monoisotopic (exact) mass is 412 g/mol. The van der Waals surface area contributed by atoms with Gasteiger partial charge in [0.2, 0.25) is 0 Å². The van der Waals surface area contributed by atoms with Gasteiger partial charge in [0, 0.05) is 12.1 Å². The van der Waals surface area contributed by atoms with Gasteiger partial charge in [-0.3, -0.25) is 0 Å². The lowest BCUT2D eigenvalue weighted by atomic mass is 9.97. The summed E-state index contributed by atoms with van der Waals surface area (Å²) in [6.07, 6.45) is 0. The Morgan fingerprint density at radius 1 is 0.933 bits per heavy atom. The van der Waals surface area contributed by atoms with Gasteiger partial charge in [0.25, 0.3) is 10.0 Å². The molecule has 2 heterocycles. The molecular weight excluding hydrogens is 396 g/mol. The van der Waals surface area contributed by atoms with E-state index in [1.54, 1.807) is 18.2 Å². The molecule has 0 bridgehead atoms. The Hall–Kier alpha value is -3.76. The number of para-hydroxylation sites is 2. The van der Waals surface area contributed by atoms with Crippen LogP contribution in [0, 0.1) is 11.3 Å². The number of fused-ring (bicyclic) bond motifs is 2. The summed E-state index contributed by atoms with van der Waals surface area (Å²) in [5.74, 6) is -0.437. The van der Waals surface area contributed by atoms with Crippen molar-refractivity contribution < 1.29 is 8.42 Å². The normalized spacial score (nSPS) is 15.4. The summed E-state index contributed by atoms with van der Waals surface area (Å²) < 4.78 is 31.0. The fourth-order valence-corrected chi connectivity index (χ4v) is 5.09. The predicted octanol–water partition coefficient (Wildman–Crippen LogP) is 3.88. The van der Waals surface area contributed by atoms with E-state index in [1.165, 1.54) is 6.07 Å². The highest BCUT2D eigenvalue weighted by molar-refractivity contribution is 7.90. The zero-order valence-corrected chi connectivity index (χ0v) is 16.6. The molecule has 146 valence electrons. The summed E-state index contributed by atoms with van der Waals surface area (Å²) in [5.41, 5.74) is 3.37. The van der Waals surface area contributed by atoms with Gasteiger partial charge in [-0.2, -0.15) is 18.1 Å². The Bertz CT molecular complexity index is 1450. The Morgan fingerprint density at radius 2 is 1.63 bits per heavy atom. The first-order chi connectivity index (χ1) is 14.6. The maximum absolute atomic E-state index is 12.5. The summed E-state index contributed by atoms with van der Waals surface area (Å²) in [5, 5.41) is 10.1. The SMILES string of the molecule is N#CC(C1=NS(=O)(=O)c2ccccc21)c1nc2ccccc2n1Cc1ccccc1. The number of hydrogen-bond acceptors (Lipinski definition) is 4. The molecule has 0 amide bonds. The van der Waals surface area contributed by atoms with Gasteiger partial charge in [0.1, 0.15) is 11.7 Å². The van der Waals surface area contributed by atoms with Crippen LogP contribution in [-0.2, 0) is 16.6 Å². The van der Waals surface area contributed by atoms with Crippen LogP contribution in [0.15, 0.2) is 88.2 Å². The molecule has 6 nitrogen and oxygen atoms in total. The van der Waals surface area contributed by atoms with Crippen LogP contribution in [0.4, 0.5) is 0 Å². The average Bonchev–Trinajstić information content (AvgIpc) is 3.25. The first-order valence-corrected chi connectivity index (χ1v) is 10.9. The van der Waals surface area contributed by atoms with Crippen LogP contribution in [-0.4, -0.2) is 23.7 Å². The topological polar surface area (TPSA) is 88.1 Å². The van der Waals surface area contributed by atoms with Crippen LogP contribution in [0.1, 0.15) is 22.9 Å². The number of aromatic nitrogens is 2. The second kappa shape index (κ2) is 6.94. The standard InChI is InChI=1S/C23H16N4O2S/c24-14-18(22-17-10-4-7-13-21(17)30(28,29)26-22)23-25-19-11-5-6-12-20(19)27(23)15-16-8-2-1-3-9-16/h1-13,18H,15H2. The lowest BCUT2D eigenvalue weighted by Crippen LogP contribution is -2.17. The smallest absolute Gasteiger partial charge is 0.283 e. The third-order valence-electron chi connectivity index (χ3n) is 5.19. The molecule has 0 radical (unpaired) electrons. The van der Waals surface area contributed by atoms with Crippen molar-refractivity contribution >= 4 is 26.8 Å². The molecule has 0 N–H and O–H groups in total. The van der Waals surface area contributed by atoms with Gasteiger partial charge >= 0.3 is 0 Å². The quantitative estimate of drug-likeness (QED) is 0.509. The van der Waals surface area contributed by atoms with Crippen LogP contribution < -0.4 is 0 Å². The second-order valence-corrected chi connectivity index (χ2v) is 8.61. The molecule has 7 heteroatoms. The van der Waals surface area contributed by atoms with Gasteiger partial charge in [0.15, 0.2) is 0 Å². The van der Waals surface area contributed by atoms with Crippen molar-refractivity contribution in [3.8, 4) is 6.07 Å². The van der Waals surface area contributed by atoms with Crippen LogP contribution >= 0.6 is 0 Å². The van der Waals surface area contributed by atoms with E-state index in [2.05, 4.69) is 10.5 Å². The number of nitriles is 1. The van der Waals surface area contributed by atoms with Crippen molar-refractivity contribution in [2.75, 3.05) is 0 Å². The molecular formula is C23H16N4O2S. The number of rotatable bonds is 4. The van der Waals surface area contributed by atoms with Crippen LogP contribution in [0.5, 0.6) is 0 Å². The highest BCUT2D eigenvalue weighted by Crippen LogP contribution is 2.34. The van der Waals surface area contributed by atoms with Gasteiger partial charge in [0.05, 0.1) is 27.7 Å². The van der Waals surface area contributed by atoms with Gasteiger partial charge < -0.3 is 4.57 Å². The van der Waals surface area contributed by atoms with E-state index in [0.717, 1.165) is 16.6 Å². The zero-order chi connectivity index (χ0) is 20.7. The summed E-state index contributed by atoms with van der Waals surface area (Å²) in [7, 11) is -3.82. The molecule has 0 saturated carbocycles. The molecule has 0 fully saturated rings. The first-order valence-electron chi connectivity index (χ1n) is 9.41. The zero-order valence-electron chi connectivity index (χ0n) is 15.8. The molecule has 1 aliphatic rings. The number of sulfonamides is 1. The lowest BCUT2D eigenvalue weighted by molar-refractivity contribution is 0.599. The minimum absolute atomic E-state index is 0.131. The van der Waals surface area contributed by atoms with Crippen LogP contribution in [0.3, 0.4) is 0 Å². The van der Waals surface area contributed by atoms with Gasteiger partial charge in [-0.1, -0.05) is 60.7 Å². The Morgan fingerprint density at radius 3 is 2.43 bits per heavy atom. The van der Waals surface area contributed by atoms with E-state index in [-0.39, 0.29) is 10.6 Å². The maximum Gasteiger partial charge on any atom is 0.283 e. The minimum Gasteiger partial charge on any atom is -0.322 e. The van der Waals surface area contributed by atoms with E-state index in [0.29, 0.717) is 17.9 Å². The summed E-state index contributed by atoms with van der Waals surface area (Å²) in [6, 6.07) is 26.4. The van der Waals surface area contributed by atoms with Crippen molar-refractivity contribution in [2.45, 2.75) is 17.4 Å². The van der Waals surface area contributed by atoms with E-state index in [1.807, 2.05) is 59.2 Å². The number of benzene rings is 3. The van der Waals surface area contributed by atoms with Crippen molar-refractivity contribution in [3.63, 3.8) is 0 Å². The minimum atomic E-state index is -3.82. The summed E-state index contributed by atoms with van der Waals surface area (Å²) in [6.45, 7) is 0.510. The molecule has 3 aromatic carbocycles. The van der Waals surface area contributed by atoms with Crippen molar-refractivity contribution in [2.24, 2.45) is 4.40 Å². The molecule has 0 aliphatic carbocycles. The van der Waals surface area contributed by atoms with Crippen LogP contribution in [0.2, 0.25) is 0 Å². The van der Waals surface area contributed by atoms with E-state index >= 15 is 0 Å². The fraction of sp³-hybridized carbons (Fsp3) is 0.0870. The van der Waals surface area contributed by atoms with E-state index in [4.69, 9.17) is 4.98 Å². The van der Waals surface area contributed by atoms with Crippen molar-refractivity contribution in [1.82, 2.24) is 9.55 Å². The van der Waals surface area contributed by atoms with Gasteiger partial charge in [-0.25, -0.2) is 4.98 Å². The molecule has 0 spiro atoms. The average molecular weight is 412 g/mol. The molecule has 1 aromatic heterocycles. The molecule has 4 aromatic rings. The Labute approximate surface area is 173 Å². The molecule has 5 rings (SSSR count). The fourth-order valence-electron chi connectivity index (χ4n) is 3.83. The first kappa shape index (κ1) is 18.3. The molecule has 1 aliphatic heterocycles. The van der Waals surface area contributed by atoms with Crippen molar-refractivity contribution in [3.05, 3.63) is 95.8 Å². The lowest BCUT2D eigenvalue weighted by Gasteiger charge is -2.14.